The molecule has 29 nitrogen and oxygen atoms in total. The number of benzene rings is 2. The lowest BCUT2D eigenvalue weighted by Crippen LogP contribution is -2.62. The molecule has 31 heteroatoms. The Hall–Kier alpha value is -8.00. The maximum atomic E-state index is 14.8. The summed E-state index contributed by atoms with van der Waals surface area (Å²) in [7, 11) is 0.762. The Bertz CT molecular complexity index is 3370. The number of thiazole rings is 1. The summed E-state index contributed by atoms with van der Waals surface area (Å²) >= 11 is 1.47. The van der Waals surface area contributed by atoms with Gasteiger partial charge in [-0.15, -0.1) is 11.3 Å². The monoisotopic (exact) mass is 1470 g/mol. The van der Waals surface area contributed by atoms with Crippen LogP contribution in [0.4, 0.5) is 20.1 Å². The van der Waals surface area contributed by atoms with Crippen molar-refractivity contribution in [3.05, 3.63) is 81.8 Å². The highest BCUT2D eigenvalue weighted by atomic mass is 32.2. The first-order chi connectivity index (χ1) is 47.8. The molecule has 0 unspecified atom stereocenters. The minimum atomic E-state index is -3.91. The highest BCUT2D eigenvalue weighted by Crippen LogP contribution is 2.31. The maximum absolute atomic E-state index is 14.8. The minimum Gasteiger partial charge on any atom is -0.445 e. The van der Waals surface area contributed by atoms with Gasteiger partial charge in [0.1, 0.15) is 46.9 Å². The second-order valence-electron chi connectivity index (χ2n) is 28.5. The topological polar surface area (TPSA) is 395 Å². The zero-order valence-electron chi connectivity index (χ0n) is 62.4. The van der Waals surface area contributed by atoms with Gasteiger partial charge >= 0.3 is 18.2 Å². The summed E-state index contributed by atoms with van der Waals surface area (Å²) in [6.07, 6.45) is 2.81. The van der Waals surface area contributed by atoms with Gasteiger partial charge in [0.2, 0.25) is 51.4 Å². The van der Waals surface area contributed by atoms with Crippen LogP contribution in [-0.2, 0) is 75.6 Å². The van der Waals surface area contributed by atoms with E-state index in [9.17, 15) is 56.4 Å². The molecule has 0 saturated carbocycles. The predicted octanol–water partition coefficient (Wildman–Crippen LogP) is 6.24. The first-order valence-electron chi connectivity index (χ1n) is 34.9. The molecule has 0 aliphatic carbocycles. The molecule has 1 aliphatic rings. The molecule has 11 N–H and O–H groups in total. The first-order valence-corrected chi connectivity index (χ1v) is 37.7. The minimum absolute atomic E-state index is 0.000857. The fourth-order valence-electron chi connectivity index (χ4n) is 12.1. The fraction of sp³-hybridized carbons (Fsp3) is 0.648. The molecule has 2 heterocycles. The Morgan fingerprint density at radius 2 is 1.42 bits per heavy atom. The van der Waals surface area contributed by atoms with Gasteiger partial charge in [-0.2, -0.15) is 0 Å². The summed E-state index contributed by atoms with van der Waals surface area (Å²) in [6, 6.07) is 7.22. The molecule has 570 valence electrons. The van der Waals surface area contributed by atoms with Crippen LogP contribution in [0.5, 0.6) is 0 Å². The van der Waals surface area contributed by atoms with Crippen molar-refractivity contribution in [2.24, 2.45) is 29.4 Å². The van der Waals surface area contributed by atoms with Crippen LogP contribution in [0.2, 0.25) is 0 Å². The number of aryl methyl sites for hydroxylation is 1. The molecule has 0 bridgehead atoms. The zero-order valence-corrected chi connectivity index (χ0v) is 64.1. The molecule has 2 aromatic carbocycles. The Balaban J connectivity index is 1.38. The molecule has 1 aliphatic heterocycles. The number of carbonyl (C=O) groups is 10. The van der Waals surface area contributed by atoms with Crippen LogP contribution in [0.15, 0.2) is 60.1 Å². The van der Waals surface area contributed by atoms with Gasteiger partial charge in [0.25, 0.3) is 0 Å². The van der Waals surface area contributed by atoms with Crippen molar-refractivity contribution in [1.82, 2.24) is 56.7 Å². The van der Waals surface area contributed by atoms with Crippen LogP contribution in [0.25, 0.3) is 0 Å². The Labute approximate surface area is 605 Å². The van der Waals surface area contributed by atoms with E-state index >= 15 is 0 Å². The number of rotatable bonds is 40. The molecule has 0 spiro atoms. The van der Waals surface area contributed by atoms with E-state index in [0.717, 1.165) is 22.4 Å². The van der Waals surface area contributed by atoms with E-state index in [0.29, 0.717) is 50.6 Å². The lowest BCUT2D eigenvalue weighted by Gasteiger charge is -2.41. The normalized spacial score (nSPS) is 16.3. The van der Waals surface area contributed by atoms with Crippen LogP contribution in [-0.4, -0.2) is 190 Å². The lowest BCUT2D eigenvalue weighted by molar-refractivity contribution is -0.148. The van der Waals surface area contributed by atoms with Crippen molar-refractivity contribution in [2.45, 2.75) is 226 Å². The van der Waals surface area contributed by atoms with Gasteiger partial charge in [0, 0.05) is 58.2 Å². The average Bonchev–Trinajstić information content (AvgIpc) is 1.42. The molecular weight excluding hydrogens is 1350 g/mol. The van der Waals surface area contributed by atoms with Gasteiger partial charge in [-0.3, -0.25) is 33.6 Å². The third-order valence-corrected chi connectivity index (χ3v) is 19.4. The number of primary amides is 1. The number of sulfonamides is 1. The number of likely N-dealkylation sites (tertiary alicyclic amines) is 1. The number of nitrogens with zero attached hydrogens (tertiary/aromatic N) is 3. The van der Waals surface area contributed by atoms with Gasteiger partial charge in [-0.1, -0.05) is 96.8 Å². The molecule has 0 radical (unpaired) electrons. The smallest absolute Gasteiger partial charge is 0.408 e. The molecule has 4 rings (SSSR count). The number of carbonyl (C=O) groups excluding carboxylic acids is 10. The molecule has 1 fully saturated rings. The van der Waals surface area contributed by atoms with Gasteiger partial charge in [0.15, 0.2) is 0 Å². The number of nitrogens with two attached hydrogens (primary N) is 1. The molecule has 11 atom stereocenters. The second kappa shape index (κ2) is 40.7. The van der Waals surface area contributed by atoms with Crippen molar-refractivity contribution in [3.63, 3.8) is 0 Å². The lowest BCUT2D eigenvalue weighted by atomic mass is 9.89. The van der Waals surface area contributed by atoms with Crippen molar-refractivity contribution in [1.29, 1.82) is 0 Å². The van der Waals surface area contributed by atoms with Gasteiger partial charge < -0.3 is 77.0 Å². The molecule has 11 amide bonds. The Morgan fingerprint density at radius 1 is 0.765 bits per heavy atom. The van der Waals surface area contributed by atoms with Crippen LogP contribution in [0.1, 0.15) is 169 Å². The van der Waals surface area contributed by atoms with E-state index in [-0.39, 0.29) is 74.8 Å². The maximum Gasteiger partial charge on any atom is 0.408 e. The first kappa shape index (κ1) is 86.4. The van der Waals surface area contributed by atoms with Crippen molar-refractivity contribution < 1.29 is 75.3 Å². The summed E-state index contributed by atoms with van der Waals surface area (Å²) in [5.74, 6) is -5.64. The van der Waals surface area contributed by atoms with E-state index in [2.05, 4.69) is 58.3 Å². The number of alkyl carbamates (subject to hydrolysis) is 2. The molecular formula is C71H113N13O16S2. The SMILES string of the molecule is CC[C@H](C)[C@@H]([C@@H](CC(=O)N1CCC[C@H]1[C@H](OC)[C@@H](C)C(=O)N[C@@H](Cc1cccc(C)c1)c1nccs1)OC)N(C)C(=O)[C@@H](NC(=O)C(C)(C)NC(=O)OCc1ccc(NC(=O)[C@H](CCCNC(N)=O)NC(=O)[C@@H](NC(=O)[C@@H](CCCCNC(=O)OC(C)(C)C)NS(C)(=O)=O)C(C)C)cc1)C(C)C. The Kier molecular flexibility index (Phi) is 34.5. The zero-order chi connectivity index (χ0) is 76.4. The number of methoxy groups -OCH3 is 2. The quantitative estimate of drug-likeness (QED) is 0.0281. The Morgan fingerprint density at radius 3 is 2.00 bits per heavy atom. The van der Waals surface area contributed by atoms with Crippen LogP contribution >= 0.6 is 11.3 Å². The number of hydrogen-bond acceptors (Lipinski definition) is 18. The summed E-state index contributed by atoms with van der Waals surface area (Å²) in [6.45, 7) is 23.1. The van der Waals surface area contributed by atoms with Crippen molar-refractivity contribution in [2.75, 3.05) is 52.5 Å². The number of nitrogens with one attached hydrogen (secondary N) is 9. The summed E-state index contributed by atoms with van der Waals surface area (Å²) in [5, 5.41) is 24.5. The number of hydrogen-bond donors (Lipinski definition) is 10. The van der Waals surface area contributed by atoms with Crippen LogP contribution in [0, 0.1) is 30.6 Å². The summed E-state index contributed by atoms with van der Waals surface area (Å²) < 4.78 is 50.0. The molecule has 1 aromatic heterocycles. The van der Waals surface area contributed by atoms with E-state index < -0.39 is 135 Å². The number of aromatic nitrogens is 1. The van der Waals surface area contributed by atoms with Gasteiger partial charge in [-0.25, -0.2) is 32.5 Å². The van der Waals surface area contributed by atoms with Crippen molar-refractivity contribution in [3.8, 4) is 0 Å². The van der Waals surface area contributed by atoms with E-state index in [1.54, 1.807) is 85.9 Å². The number of urea groups is 1. The predicted molar refractivity (Wildman–Crippen MR) is 389 cm³/mol. The largest absolute Gasteiger partial charge is 0.445 e. The standard InChI is InChI=1S/C71H113N13O16S2/c1-18-45(7)58(54(97-15)40-55(85)84-36-23-28-53(84)59(98-16)46(8)60(86)78-52(64-73-35-37-101-64)39-48-25-21-24-44(6)38-48)83(14)65(90)57(43(4)5)80-66(91)71(12,13)81-69(94)99-41-47-29-31-49(32-30-47)76-61(87)50(27-22-34-74-67(72)92)77-63(89)56(42(2)3)79-62(88)51(82-102(17,95)96)26-19-20-33-75-68(93)100-70(9,10)11/h21,24-25,29-32,35,37-38,42-43,45-46,50-54,56-59,82H,18-20,22-23,26-28,33-34,36,39-41H2,1-17H3,(H,75,93)(H,76,87)(H,77,89)(H,78,86)(H,79,88)(H,80,91)(H,81,94)(H3,72,74,92)/t45-,46+,50-,51+,52-,53-,54+,56-,57-,58-,59+/m0/s1. The average molecular weight is 1470 g/mol. The van der Waals surface area contributed by atoms with Gasteiger partial charge in [-0.05, 0) is 134 Å². The second-order valence-corrected chi connectivity index (χ2v) is 31.2. The highest BCUT2D eigenvalue weighted by molar-refractivity contribution is 7.88. The third-order valence-electron chi connectivity index (χ3n) is 17.7. The highest BCUT2D eigenvalue weighted by Gasteiger charge is 2.44. The number of likely N-dealkylation sites (N-methyl/N-ethyl adjacent to an activating group) is 1. The molecule has 3 aromatic rings. The third kappa shape index (κ3) is 28.3. The summed E-state index contributed by atoms with van der Waals surface area (Å²) in [4.78, 5) is 144. The van der Waals surface area contributed by atoms with E-state index in [1.165, 1.54) is 49.3 Å². The summed E-state index contributed by atoms with van der Waals surface area (Å²) in [5.41, 5.74) is 5.84. The number of ether oxygens (including phenoxy) is 4. The van der Waals surface area contributed by atoms with Crippen LogP contribution < -0.4 is 53.0 Å². The fourth-order valence-corrected chi connectivity index (χ4v) is 13.5. The van der Waals surface area contributed by atoms with Crippen LogP contribution in [0.3, 0.4) is 0 Å². The van der Waals surface area contributed by atoms with E-state index in [4.69, 9.17) is 24.7 Å². The van der Waals surface area contributed by atoms with Gasteiger partial charge in [0.05, 0.1) is 48.9 Å². The molecule has 1 saturated heterocycles. The molecule has 102 heavy (non-hydrogen) atoms. The number of unbranched alkanes of at least 4 members (excludes halogenated alkanes) is 1. The number of anilines is 1. The van der Waals surface area contributed by atoms with Crippen molar-refractivity contribution >= 4 is 86.6 Å². The van der Waals surface area contributed by atoms with E-state index in [1.807, 2.05) is 51.3 Å². The number of amides is 11.